The molecule has 0 atom stereocenters. The van der Waals surface area contributed by atoms with Crippen LogP contribution >= 0.6 is 23.2 Å². The molecule has 8 heteroatoms. The fourth-order valence-corrected chi connectivity index (χ4v) is 3.65. The molecular weight excluding hydrogens is 359 g/mol. The summed E-state index contributed by atoms with van der Waals surface area (Å²) in [7, 11) is -0.600. The zero-order valence-corrected chi connectivity index (χ0v) is 14.7. The van der Waals surface area contributed by atoms with Gasteiger partial charge >= 0.3 is 0 Å². The number of sulfonamides is 1. The molecule has 0 aromatic heterocycles. The lowest BCUT2D eigenvalue weighted by atomic mass is 10.2. The van der Waals surface area contributed by atoms with Crippen molar-refractivity contribution in [3.8, 4) is 0 Å². The van der Waals surface area contributed by atoms with Crippen LogP contribution in [0.25, 0.3) is 0 Å². The van der Waals surface area contributed by atoms with Crippen LogP contribution in [0, 0.1) is 0 Å². The number of carbonyl (C=O) groups is 1. The van der Waals surface area contributed by atoms with Crippen molar-refractivity contribution in [2.45, 2.75) is 4.90 Å². The highest BCUT2D eigenvalue weighted by Gasteiger charge is 2.19. The Morgan fingerprint density at radius 1 is 1.04 bits per heavy atom. The van der Waals surface area contributed by atoms with E-state index in [0.29, 0.717) is 11.3 Å². The molecule has 2 aromatic carbocycles. The average molecular weight is 373 g/mol. The number of hydrogen-bond donors (Lipinski definition) is 1. The SMILES string of the molecule is CN(C)C(=O)c1ccc(NS(=O)(=O)c2cc(Cl)ccc2Cl)cc1. The average Bonchev–Trinajstić information content (AvgIpc) is 2.49. The largest absolute Gasteiger partial charge is 0.345 e. The molecule has 2 aromatic rings. The molecule has 0 aliphatic carbocycles. The standard InChI is InChI=1S/C15H14Cl2N2O3S/c1-19(2)15(20)10-3-6-12(7-4-10)18-23(21,22)14-9-11(16)5-8-13(14)17/h3-9,18H,1-2H3. The Hall–Kier alpha value is -1.76. The lowest BCUT2D eigenvalue weighted by Crippen LogP contribution is -2.21. The summed E-state index contributed by atoms with van der Waals surface area (Å²) in [6.07, 6.45) is 0. The van der Waals surface area contributed by atoms with Crippen molar-refractivity contribution in [2.75, 3.05) is 18.8 Å². The summed E-state index contributed by atoms with van der Waals surface area (Å²) >= 11 is 11.7. The number of amides is 1. The van der Waals surface area contributed by atoms with Crippen molar-refractivity contribution < 1.29 is 13.2 Å². The number of nitrogens with one attached hydrogen (secondary N) is 1. The van der Waals surface area contributed by atoms with Crippen LogP contribution < -0.4 is 4.72 Å². The van der Waals surface area contributed by atoms with E-state index < -0.39 is 10.0 Å². The van der Waals surface area contributed by atoms with Crippen molar-refractivity contribution in [1.82, 2.24) is 4.90 Å². The van der Waals surface area contributed by atoms with Gasteiger partial charge in [-0.2, -0.15) is 0 Å². The first-order valence-corrected chi connectivity index (χ1v) is 8.74. The number of nitrogens with zero attached hydrogens (tertiary/aromatic N) is 1. The van der Waals surface area contributed by atoms with Crippen LogP contribution in [-0.2, 0) is 10.0 Å². The van der Waals surface area contributed by atoms with Crippen LogP contribution in [0.3, 0.4) is 0 Å². The Morgan fingerprint density at radius 3 is 2.22 bits per heavy atom. The van der Waals surface area contributed by atoms with E-state index in [2.05, 4.69) is 4.72 Å². The van der Waals surface area contributed by atoms with Gasteiger partial charge in [0.05, 0.1) is 5.02 Å². The third-order valence-electron chi connectivity index (χ3n) is 2.97. The number of carbonyl (C=O) groups excluding carboxylic acids is 1. The highest BCUT2D eigenvalue weighted by atomic mass is 35.5. The van der Waals surface area contributed by atoms with Crippen molar-refractivity contribution in [2.24, 2.45) is 0 Å². The summed E-state index contributed by atoms with van der Waals surface area (Å²) in [5.41, 5.74) is 0.773. The van der Waals surface area contributed by atoms with E-state index in [-0.39, 0.29) is 20.8 Å². The molecule has 0 saturated heterocycles. The first kappa shape index (κ1) is 17.6. The minimum absolute atomic E-state index is 0.0707. The van der Waals surface area contributed by atoms with Crippen molar-refractivity contribution in [1.29, 1.82) is 0 Å². The molecule has 2 rings (SSSR count). The van der Waals surface area contributed by atoms with Crippen LogP contribution in [0.5, 0.6) is 0 Å². The van der Waals surface area contributed by atoms with E-state index in [0.717, 1.165) is 0 Å². The third kappa shape index (κ3) is 4.16. The summed E-state index contributed by atoms with van der Waals surface area (Å²) in [5, 5.41) is 0.336. The molecule has 0 unspecified atom stereocenters. The number of rotatable bonds is 4. The molecule has 0 spiro atoms. The quantitative estimate of drug-likeness (QED) is 0.892. The number of benzene rings is 2. The molecule has 0 saturated carbocycles. The first-order valence-electron chi connectivity index (χ1n) is 6.50. The third-order valence-corrected chi connectivity index (χ3v) is 5.07. The van der Waals surface area contributed by atoms with Gasteiger partial charge in [0, 0.05) is 30.4 Å². The molecule has 122 valence electrons. The number of halogens is 2. The Morgan fingerprint density at radius 2 is 1.65 bits per heavy atom. The van der Waals surface area contributed by atoms with E-state index in [1.807, 2.05) is 0 Å². The Kier molecular flexibility index (Phi) is 5.19. The predicted octanol–water partition coefficient (Wildman–Crippen LogP) is 3.50. The van der Waals surface area contributed by atoms with E-state index in [9.17, 15) is 13.2 Å². The van der Waals surface area contributed by atoms with Gasteiger partial charge in [-0.15, -0.1) is 0 Å². The summed E-state index contributed by atoms with van der Waals surface area (Å²) in [6.45, 7) is 0. The normalized spacial score (nSPS) is 11.1. The molecule has 0 heterocycles. The molecule has 1 amide bonds. The van der Waals surface area contributed by atoms with Gasteiger partial charge in [0.25, 0.3) is 15.9 Å². The Bertz CT molecular complexity index is 834. The maximum absolute atomic E-state index is 12.4. The minimum Gasteiger partial charge on any atom is -0.345 e. The summed E-state index contributed by atoms with van der Waals surface area (Å²) in [5.74, 6) is -0.169. The Balaban J connectivity index is 2.27. The van der Waals surface area contributed by atoms with Crippen LogP contribution in [-0.4, -0.2) is 33.3 Å². The van der Waals surface area contributed by atoms with Crippen molar-refractivity contribution in [3.05, 3.63) is 58.1 Å². The molecule has 5 nitrogen and oxygen atoms in total. The van der Waals surface area contributed by atoms with Crippen LogP contribution in [0.2, 0.25) is 10.0 Å². The van der Waals surface area contributed by atoms with Crippen molar-refractivity contribution >= 4 is 44.8 Å². The summed E-state index contributed by atoms with van der Waals surface area (Å²) < 4.78 is 27.1. The van der Waals surface area contributed by atoms with Crippen LogP contribution in [0.15, 0.2) is 47.4 Å². The van der Waals surface area contributed by atoms with Crippen LogP contribution in [0.4, 0.5) is 5.69 Å². The second-order valence-electron chi connectivity index (χ2n) is 4.96. The summed E-state index contributed by atoms with van der Waals surface area (Å²) in [6, 6.07) is 10.3. The molecule has 0 aliphatic rings. The molecular formula is C15H14Cl2N2O3S. The van der Waals surface area contributed by atoms with E-state index in [1.165, 1.54) is 35.2 Å². The molecule has 0 radical (unpaired) electrons. The van der Waals surface area contributed by atoms with E-state index >= 15 is 0 Å². The number of anilines is 1. The maximum Gasteiger partial charge on any atom is 0.263 e. The van der Waals surface area contributed by atoms with Gasteiger partial charge in [0.15, 0.2) is 0 Å². The number of hydrogen-bond acceptors (Lipinski definition) is 3. The zero-order chi connectivity index (χ0) is 17.2. The second-order valence-corrected chi connectivity index (χ2v) is 7.45. The highest BCUT2D eigenvalue weighted by molar-refractivity contribution is 7.92. The van der Waals surface area contributed by atoms with Gasteiger partial charge in [-0.3, -0.25) is 9.52 Å². The van der Waals surface area contributed by atoms with Gasteiger partial charge in [0.1, 0.15) is 4.90 Å². The first-order chi connectivity index (χ1) is 10.7. The van der Waals surface area contributed by atoms with Gasteiger partial charge in [-0.1, -0.05) is 23.2 Å². The molecule has 1 N–H and O–H groups in total. The fourth-order valence-electron chi connectivity index (χ4n) is 1.83. The predicted molar refractivity (Wildman–Crippen MR) is 91.7 cm³/mol. The van der Waals surface area contributed by atoms with Gasteiger partial charge in [-0.25, -0.2) is 8.42 Å². The Labute approximate surface area is 144 Å². The zero-order valence-electron chi connectivity index (χ0n) is 12.4. The fraction of sp³-hybridized carbons (Fsp3) is 0.133. The smallest absolute Gasteiger partial charge is 0.263 e. The highest BCUT2D eigenvalue weighted by Crippen LogP contribution is 2.26. The molecule has 0 fully saturated rings. The monoisotopic (exact) mass is 372 g/mol. The van der Waals surface area contributed by atoms with Crippen LogP contribution in [0.1, 0.15) is 10.4 Å². The molecule has 23 heavy (non-hydrogen) atoms. The molecule has 0 bridgehead atoms. The van der Waals surface area contributed by atoms with E-state index in [4.69, 9.17) is 23.2 Å². The minimum atomic E-state index is -3.88. The van der Waals surface area contributed by atoms with Gasteiger partial charge in [-0.05, 0) is 42.5 Å². The summed E-state index contributed by atoms with van der Waals surface area (Å²) in [4.78, 5) is 13.1. The second kappa shape index (κ2) is 6.78. The van der Waals surface area contributed by atoms with E-state index in [1.54, 1.807) is 26.2 Å². The maximum atomic E-state index is 12.4. The van der Waals surface area contributed by atoms with Gasteiger partial charge in [0.2, 0.25) is 0 Å². The lowest BCUT2D eigenvalue weighted by molar-refractivity contribution is 0.0827. The lowest BCUT2D eigenvalue weighted by Gasteiger charge is -2.12. The topological polar surface area (TPSA) is 66.5 Å². The van der Waals surface area contributed by atoms with Crippen molar-refractivity contribution in [3.63, 3.8) is 0 Å². The van der Waals surface area contributed by atoms with Gasteiger partial charge < -0.3 is 4.90 Å². The molecule has 0 aliphatic heterocycles.